The van der Waals surface area contributed by atoms with Crippen LogP contribution in [-0.4, -0.2) is 48.2 Å². The summed E-state index contributed by atoms with van der Waals surface area (Å²) in [7, 11) is -3.77. The first-order chi connectivity index (χ1) is 8.32. The number of rotatable bonds is 2. The minimum absolute atomic E-state index is 0.00861. The zero-order chi connectivity index (χ0) is 13.5. The predicted molar refractivity (Wildman–Crippen MR) is 66.6 cm³/mol. The molecule has 6 nitrogen and oxygen atoms in total. The summed E-state index contributed by atoms with van der Waals surface area (Å²) in [4.78, 5) is -0.00861. The first-order valence-corrected chi connectivity index (χ1v) is 7.05. The third kappa shape index (κ3) is 2.32. The summed E-state index contributed by atoms with van der Waals surface area (Å²) < 4.78 is 25.4. The van der Waals surface area contributed by atoms with Gasteiger partial charge in [0.2, 0.25) is 10.0 Å². The molecule has 2 unspecified atom stereocenters. The van der Waals surface area contributed by atoms with Crippen molar-refractivity contribution in [2.75, 3.05) is 18.8 Å². The van der Waals surface area contributed by atoms with Crippen molar-refractivity contribution in [2.24, 2.45) is 0 Å². The van der Waals surface area contributed by atoms with Crippen molar-refractivity contribution in [3.8, 4) is 0 Å². The fraction of sp³-hybridized carbons (Fsp3) is 0.400. The van der Waals surface area contributed by atoms with Crippen LogP contribution in [0.15, 0.2) is 23.1 Å². The molecule has 2 atom stereocenters. The Kier molecular flexibility index (Phi) is 3.52. The Labute approximate surface area is 110 Å². The lowest BCUT2D eigenvalue weighted by molar-refractivity contribution is 0.0572. The van der Waals surface area contributed by atoms with Gasteiger partial charge in [-0.15, -0.1) is 0 Å². The van der Waals surface area contributed by atoms with E-state index in [9.17, 15) is 18.6 Å². The lowest BCUT2D eigenvalue weighted by atomic mass is 10.3. The van der Waals surface area contributed by atoms with Gasteiger partial charge >= 0.3 is 0 Å². The molecule has 0 aromatic heterocycles. The van der Waals surface area contributed by atoms with Crippen LogP contribution in [0.3, 0.4) is 0 Å². The van der Waals surface area contributed by atoms with Crippen LogP contribution >= 0.6 is 11.6 Å². The normalized spacial score (nSPS) is 25.5. The summed E-state index contributed by atoms with van der Waals surface area (Å²) in [5, 5.41) is 19.0. The number of aliphatic hydroxyl groups excluding tert-OH is 2. The molecule has 1 saturated heterocycles. The summed E-state index contributed by atoms with van der Waals surface area (Å²) in [6.45, 7) is -0.266. The highest BCUT2D eigenvalue weighted by atomic mass is 35.5. The molecule has 0 amide bonds. The lowest BCUT2D eigenvalue weighted by Crippen LogP contribution is -2.30. The maximum Gasteiger partial charge on any atom is 0.243 e. The van der Waals surface area contributed by atoms with Crippen LogP contribution < -0.4 is 5.73 Å². The van der Waals surface area contributed by atoms with Gasteiger partial charge in [0, 0.05) is 13.1 Å². The molecule has 0 saturated carbocycles. The van der Waals surface area contributed by atoms with Gasteiger partial charge in [-0.25, -0.2) is 8.42 Å². The van der Waals surface area contributed by atoms with Gasteiger partial charge in [0.05, 0.1) is 27.8 Å². The Morgan fingerprint density at radius 1 is 1.28 bits per heavy atom. The van der Waals surface area contributed by atoms with Crippen molar-refractivity contribution < 1.29 is 18.6 Å². The molecule has 1 heterocycles. The molecule has 1 aliphatic heterocycles. The second-order valence-corrected chi connectivity index (χ2v) is 6.49. The largest absolute Gasteiger partial charge is 0.397 e. The standard InChI is InChI=1S/C10H13ClN2O4S/c11-7-2-1-6(3-8(7)12)18(16,17)13-4-9(14)10(15)5-13/h1-3,9-10,14-15H,4-5,12H2. The molecule has 1 aliphatic rings. The highest BCUT2D eigenvalue weighted by Crippen LogP contribution is 2.26. The Morgan fingerprint density at radius 2 is 1.83 bits per heavy atom. The maximum atomic E-state index is 12.2. The molecule has 1 aromatic rings. The quantitative estimate of drug-likeness (QED) is 0.646. The number of nitrogen functional groups attached to an aromatic ring is 1. The van der Waals surface area contributed by atoms with E-state index in [-0.39, 0.29) is 28.7 Å². The van der Waals surface area contributed by atoms with Gasteiger partial charge in [0.1, 0.15) is 0 Å². The van der Waals surface area contributed by atoms with E-state index in [2.05, 4.69) is 0 Å². The Balaban J connectivity index is 2.34. The second kappa shape index (κ2) is 4.67. The van der Waals surface area contributed by atoms with E-state index in [0.29, 0.717) is 0 Å². The smallest absolute Gasteiger partial charge is 0.243 e. The molecule has 0 radical (unpaired) electrons. The molecular formula is C10H13ClN2O4S. The summed E-state index contributed by atoms with van der Waals surface area (Å²) in [6.07, 6.45) is -2.13. The predicted octanol–water partition coefficient (Wildman–Crippen LogP) is -0.352. The molecule has 2 rings (SSSR count). The van der Waals surface area contributed by atoms with Crippen molar-refractivity contribution in [3.05, 3.63) is 23.2 Å². The number of hydrogen-bond acceptors (Lipinski definition) is 5. The van der Waals surface area contributed by atoms with Crippen LogP contribution in [0.5, 0.6) is 0 Å². The average molecular weight is 293 g/mol. The van der Waals surface area contributed by atoms with Gasteiger partial charge in [-0.05, 0) is 18.2 Å². The number of anilines is 1. The van der Waals surface area contributed by atoms with Gasteiger partial charge in [-0.3, -0.25) is 0 Å². The number of benzene rings is 1. The van der Waals surface area contributed by atoms with Gasteiger partial charge < -0.3 is 15.9 Å². The first-order valence-electron chi connectivity index (χ1n) is 5.23. The van der Waals surface area contributed by atoms with E-state index < -0.39 is 22.2 Å². The lowest BCUT2D eigenvalue weighted by Gasteiger charge is -2.16. The monoisotopic (exact) mass is 292 g/mol. The molecule has 1 aromatic carbocycles. The molecule has 0 bridgehead atoms. The van der Waals surface area contributed by atoms with Crippen LogP contribution in [0.2, 0.25) is 5.02 Å². The van der Waals surface area contributed by atoms with Crippen molar-refractivity contribution in [1.82, 2.24) is 4.31 Å². The number of β-amino-alcohol motifs (C(OH)–C–C–N with tert-alkyl or cyclic N) is 2. The van der Waals surface area contributed by atoms with E-state index in [1.165, 1.54) is 18.2 Å². The van der Waals surface area contributed by atoms with E-state index in [0.717, 1.165) is 4.31 Å². The Hall–Kier alpha value is -0.860. The molecule has 0 spiro atoms. The molecule has 100 valence electrons. The summed E-state index contributed by atoms with van der Waals surface area (Å²) in [6, 6.07) is 3.99. The highest BCUT2D eigenvalue weighted by molar-refractivity contribution is 7.89. The van der Waals surface area contributed by atoms with Crippen LogP contribution in [-0.2, 0) is 10.0 Å². The van der Waals surface area contributed by atoms with Gasteiger partial charge in [-0.1, -0.05) is 11.6 Å². The molecule has 1 fully saturated rings. The number of hydrogen-bond donors (Lipinski definition) is 3. The number of aliphatic hydroxyl groups is 2. The van der Waals surface area contributed by atoms with Gasteiger partial charge in [-0.2, -0.15) is 4.31 Å². The molecule has 8 heteroatoms. The topological polar surface area (TPSA) is 104 Å². The van der Waals surface area contributed by atoms with Crippen LogP contribution in [0.1, 0.15) is 0 Å². The van der Waals surface area contributed by atoms with Crippen molar-refractivity contribution >= 4 is 27.3 Å². The maximum absolute atomic E-state index is 12.2. The van der Waals surface area contributed by atoms with Crippen LogP contribution in [0.4, 0.5) is 5.69 Å². The average Bonchev–Trinajstić information content (AvgIpc) is 2.64. The third-order valence-electron chi connectivity index (χ3n) is 2.83. The minimum Gasteiger partial charge on any atom is -0.397 e. The van der Waals surface area contributed by atoms with Gasteiger partial charge in [0.15, 0.2) is 0 Å². The minimum atomic E-state index is -3.77. The highest BCUT2D eigenvalue weighted by Gasteiger charge is 2.37. The molecule has 18 heavy (non-hydrogen) atoms. The first kappa shape index (κ1) is 13.6. The fourth-order valence-corrected chi connectivity index (χ4v) is 3.39. The van der Waals surface area contributed by atoms with Crippen LogP contribution in [0, 0.1) is 0 Å². The Morgan fingerprint density at radius 3 is 2.33 bits per heavy atom. The fourth-order valence-electron chi connectivity index (χ4n) is 1.76. The number of nitrogens with two attached hydrogens (primary N) is 1. The molecular weight excluding hydrogens is 280 g/mol. The van der Waals surface area contributed by atoms with Crippen molar-refractivity contribution in [3.63, 3.8) is 0 Å². The van der Waals surface area contributed by atoms with Crippen LogP contribution in [0.25, 0.3) is 0 Å². The summed E-state index contributed by atoms with van der Waals surface area (Å²) >= 11 is 5.72. The third-order valence-corrected chi connectivity index (χ3v) is 5.00. The number of halogens is 1. The summed E-state index contributed by atoms with van der Waals surface area (Å²) in [5.41, 5.74) is 5.72. The van der Waals surface area contributed by atoms with E-state index in [1.54, 1.807) is 0 Å². The molecule has 0 aliphatic carbocycles. The van der Waals surface area contributed by atoms with E-state index in [4.69, 9.17) is 17.3 Å². The van der Waals surface area contributed by atoms with E-state index in [1.807, 2.05) is 0 Å². The Bertz CT molecular complexity index is 553. The van der Waals surface area contributed by atoms with E-state index >= 15 is 0 Å². The van der Waals surface area contributed by atoms with Crippen molar-refractivity contribution in [1.29, 1.82) is 0 Å². The molecule has 4 N–H and O–H groups in total. The van der Waals surface area contributed by atoms with Crippen molar-refractivity contribution in [2.45, 2.75) is 17.1 Å². The zero-order valence-corrected chi connectivity index (χ0v) is 10.9. The number of sulfonamides is 1. The second-order valence-electron chi connectivity index (χ2n) is 4.14. The SMILES string of the molecule is Nc1cc(S(=O)(=O)N2CC(O)C(O)C2)ccc1Cl. The zero-order valence-electron chi connectivity index (χ0n) is 9.32. The number of nitrogens with zero attached hydrogens (tertiary/aromatic N) is 1. The summed E-state index contributed by atoms with van der Waals surface area (Å²) in [5.74, 6) is 0. The van der Waals surface area contributed by atoms with Gasteiger partial charge in [0.25, 0.3) is 0 Å².